The number of para-hydroxylation sites is 1. The van der Waals surface area contributed by atoms with Crippen LogP contribution in [-0.2, 0) is 9.53 Å². The summed E-state index contributed by atoms with van der Waals surface area (Å²) in [7, 11) is 0. The van der Waals surface area contributed by atoms with E-state index in [1.165, 1.54) is 5.56 Å². The maximum atomic E-state index is 11.3. The second kappa shape index (κ2) is 7.29. The molecule has 0 aromatic heterocycles. The molecule has 0 saturated heterocycles. The van der Waals surface area contributed by atoms with E-state index < -0.39 is 0 Å². The molecule has 2 rings (SSSR count). The van der Waals surface area contributed by atoms with Gasteiger partial charge in [-0.1, -0.05) is 25.1 Å². The lowest BCUT2D eigenvalue weighted by Crippen LogP contribution is -2.34. The summed E-state index contributed by atoms with van der Waals surface area (Å²) in [5.41, 5.74) is 1.21. The number of hydrogen-bond acceptors (Lipinski definition) is 4. The molecule has 2 unspecified atom stereocenters. The van der Waals surface area contributed by atoms with Gasteiger partial charge in [-0.05, 0) is 26.0 Å². The fourth-order valence-corrected chi connectivity index (χ4v) is 2.53. The van der Waals surface area contributed by atoms with E-state index in [0.717, 1.165) is 25.3 Å². The van der Waals surface area contributed by atoms with E-state index >= 15 is 0 Å². The van der Waals surface area contributed by atoms with E-state index in [1.54, 1.807) is 0 Å². The number of esters is 1. The molecule has 1 aromatic carbocycles. The SMILES string of the molecule is CCOC(=O)CCCNC1c2ccccc2OCC1C. The van der Waals surface area contributed by atoms with Crippen molar-refractivity contribution in [3.05, 3.63) is 29.8 Å². The Hall–Kier alpha value is -1.55. The van der Waals surface area contributed by atoms with Crippen LogP contribution in [0.4, 0.5) is 0 Å². The van der Waals surface area contributed by atoms with E-state index in [4.69, 9.17) is 9.47 Å². The predicted octanol–water partition coefficient (Wildman–Crippen LogP) is 2.69. The highest BCUT2D eigenvalue weighted by molar-refractivity contribution is 5.69. The van der Waals surface area contributed by atoms with Crippen LogP contribution in [0.25, 0.3) is 0 Å². The van der Waals surface area contributed by atoms with Gasteiger partial charge in [-0.3, -0.25) is 4.79 Å². The van der Waals surface area contributed by atoms with Gasteiger partial charge in [0.05, 0.1) is 13.2 Å². The number of rotatable bonds is 6. The van der Waals surface area contributed by atoms with E-state index in [-0.39, 0.29) is 5.97 Å². The van der Waals surface area contributed by atoms with Crippen molar-refractivity contribution < 1.29 is 14.3 Å². The minimum Gasteiger partial charge on any atom is -0.493 e. The highest BCUT2D eigenvalue weighted by Crippen LogP contribution is 2.34. The molecule has 2 atom stereocenters. The molecule has 1 aliphatic heterocycles. The van der Waals surface area contributed by atoms with Crippen molar-refractivity contribution in [3.8, 4) is 5.75 Å². The van der Waals surface area contributed by atoms with Gasteiger partial charge in [-0.2, -0.15) is 0 Å². The number of carbonyl (C=O) groups is 1. The first-order valence-electron chi connectivity index (χ1n) is 7.33. The molecular formula is C16H23NO3. The molecule has 1 aromatic rings. The van der Waals surface area contributed by atoms with E-state index in [9.17, 15) is 4.79 Å². The second-order valence-electron chi connectivity index (χ2n) is 5.17. The average Bonchev–Trinajstić information content (AvgIpc) is 2.45. The van der Waals surface area contributed by atoms with Crippen molar-refractivity contribution in [1.82, 2.24) is 5.32 Å². The molecule has 0 saturated carbocycles. The van der Waals surface area contributed by atoms with Crippen molar-refractivity contribution in [2.24, 2.45) is 5.92 Å². The molecule has 0 spiro atoms. The van der Waals surface area contributed by atoms with Gasteiger partial charge in [0.2, 0.25) is 0 Å². The number of benzene rings is 1. The van der Waals surface area contributed by atoms with Crippen LogP contribution in [-0.4, -0.2) is 25.7 Å². The third-order valence-corrected chi connectivity index (χ3v) is 3.55. The Morgan fingerprint density at radius 3 is 3.05 bits per heavy atom. The monoisotopic (exact) mass is 277 g/mol. The minimum absolute atomic E-state index is 0.116. The first-order chi connectivity index (χ1) is 9.72. The van der Waals surface area contributed by atoms with Crippen LogP contribution < -0.4 is 10.1 Å². The molecule has 4 heteroatoms. The summed E-state index contributed by atoms with van der Waals surface area (Å²) in [6, 6.07) is 8.44. The van der Waals surface area contributed by atoms with Crippen LogP contribution in [0.5, 0.6) is 5.75 Å². The lowest BCUT2D eigenvalue weighted by atomic mass is 9.92. The van der Waals surface area contributed by atoms with Crippen molar-refractivity contribution in [2.45, 2.75) is 32.7 Å². The van der Waals surface area contributed by atoms with Gasteiger partial charge in [-0.15, -0.1) is 0 Å². The van der Waals surface area contributed by atoms with Crippen molar-refractivity contribution in [3.63, 3.8) is 0 Å². The Balaban J connectivity index is 1.85. The van der Waals surface area contributed by atoms with Gasteiger partial charge >= 0.3 is 5.97 Å². The number of nitrogens with one attached hydrogen (secondary N) is 1. The third-order valence-electron chi connectivity index (χ3n) is 3.55. The second-order valence-corrected chi connectivity index (χ2v) is 5.17. The normalized spacial score (nSPS) is 20.9. The van der Waals surface area contributed by atoms with Crippen LogP contribution >= 0.6 is 0 Å². The Morgan fingerprint density at radius 1 is 1.45 bits per heavy atom. The zero-order chi connectivity index (χ0) is 14.4. The van der Waals surface area contributed by atoms with Crippen LogP contribution in [0.15, 0.2) is 24.3 Å². The van der Waals surface area contributed by atoms with Gasteiger partial charge in [0.25, 0.3) is 0 Å². The largest absolute Gasteiger partial charge is 0.493 e. The van der Waals surface area contributed by atoms with Gasteiger partial charge in [-0.25, -0.2) is 0 Å². The summed E-state index contributed by atoms with van der Waals surface area (Å²) in [5, 5.41) is 3.54. The summed E-state index contributed by atoms with van der Waals surface area (Å²) in [5.74, 6) is 1.27. The molecule has 110 valence electrons. The van der Waals surface area contributed by atoms with Crippen LogP contribution in [0.2, 0.25) is 0 Å². The minimum atomic E-state index is -0.116. The number of ether oxygens (including phenoxy) is 2. The Bertz CT molecular complexity index is 447. The first-order valence-corrected chi connectivity index (χ1v) is 7.33. The number of carbonyl (C=O) groups excluding carboxylic acids is 1. The third kappa shape index (κ3) is 3.73. The zero-order valence-electron chi connectivity index (χ0n) is 12.2. The van der Waals surface area contributed by atoms with Crippen molar-refractivity contribution in [2.75, 3.05) is 19.8 Å². The van der Waals surface area contributed by atoms with E-state index in [1.807, 2.05) is 25.1 Å². The fourth-order valence-electron chi connectivity index (χ4n) is 2.53. The fraction of sp³-hybridized carbons (Fsp3) is 0.562. The first kappa shape index (κ1) is 14.9. The summed E-state index contributed by atoms with van der Waals surface area (Å²) in [6.07, 6.45) is 1.27. The highest BCUT2D eigenvalue weighted by Gasteiger charge is 2.26. The molecule has 1 aliphatic rings. The zero-order valence-corrected chi connectivity index (χ0v) is 12.2. The summed E-state index contributed by atoms with van der Waals surface area (Å²) in [4.78, 5) is 11.3. The van der Waals surface area contributed by atoms with Gasteiger partial charge in [0, 0.05) is 23.9 Å². The quantitative estimate of drug-likeness (QED) is 0.641. The van der Waals surface area contributed by atoms with Crippen molar-refractivity contribution >= 4 is 5.97 Å². The van der Waals surface area contributed by atoms with E-state index in [0.29, 0.717) is 25.0 Å². The summed E-state index contributed by atoms with van der Waals surface area (Å²) < 4.78 is 10.7. The van der Waals surface area contributed by atoms with Gasteiger partial charge < -0.3 is 14.8 Å². The van der Waals surface area contributed by atoms with Crippen LogP contribution in [0, 0.1) is 5.92 Å². The smallest absolute Gasteiger partial charge is 0.305 e. The van der Waals surface area contributed by atoms with E-state index in [2.05, 4.69) is 18.3 Å². The lowest BCUT2D eigenvalue weighted by molar-refractivity contribution is -0.143. The summed E-state index contributed by atoms with van der Waals surface area (Å²) >= 11 is 0. The lowest BCUT2D eigenvalue weighted by Gasteiger charge is -2.32. The molecule has 0 fully saturated rings. The molecule has 1 heterocycles. The van der Waals surface area contributed by atoms with Crippen LogP contribution in [0.1, 0.15) is 38.3 Å². The molecule has 0 radical (unpaired) electrons. The predicted molar refractivity (Wildman–Crippen MR) is 77.7 cm³/mol. The Labute approximate surface area is 120 Å². The maximum Gasteiger partial charge on any atom is 0.305 e. The summed E-state index contributed by atoms with van der Waals surface area (Å²) in [6.45, 7) is 6.00. The van der Waals surface area contributed by atoms with Gasteiger partial charge in [0.15, 0.2) is 0 Å². The number of hydrogen-bond donors (Lipinski definition) is 1. The molecule has 0 bridgehead atoms. The number of fused-ring (bicyclic) bond motifs is 1. The Morgan fingerprint density at radius 2 is 2.25 bits per heavy atom. The molecule has 20 heavy (non-hydrogen) atoms. The topological polar surface area (TPSA) is 47.6 Å². The molecule has 4 nitrogen and oxygen atoms in total. The molecular weight excluding hydrogens is 254 g/mol. The van der Waals surface area contributed by atoms with Crippen LogP contribution in [0.3, 0.4) is 0 Å². The van der Waals surface area contributed by atoms with Crippen molar-refractivity contribution in [1.29, 1.82) is 0 Å². The molecule has 0 amide bonds. The van der Waals surface area contributed by atoms with Gasteiger partial charge in [0.1, 0.15) is 5.75 Å². The average molecular weight is 277 g/mol. The standard InChI is InChI=1S/C16H23NO3/c1-3-19-15(18)9-6-10-17-16-12(2)11-20-14-8-5-4-7-13(14)16/h4-5,7-8,12,16-17H,3,6,9-11H2,1-2H3. The maximum absolute atomic E-state index is 11.3. The highest BCUT2D eigenvalue weighted by atomic mass is 16.5. The Kier molecular flexibility index (Phi) is 5.41. The molecule has 1 N–H and O–H groups in total. The molecule has 0 aliphatic carbocycles.